The van der Waals surface area contributed by atoms with Gasteiger partial charge in [0.1, 0.15) is 0 Å². The van der Waals surface area contributed by atoms with Crippen LogP contribution < -0.4 is 4.72 Å². The number of rotatable bonds is 3. The summed E-state index contributed by atoms with van der Waals surface area (Å²) in [6.07, 6.45) is -3.34. The van der Waals surface area contributed by atoms with Gasteiger partial charge in [0.25, 0.3) is 10.0 Å². The van der Waals surface area contributed by atoms with E-state index in [9.17, 15) is 21.6 Å². The Morgan fingerprint density at radius 3 is 2.52 bits per heavy atom. The Morgan fingerprint density at radius 2 is 1.80 bits per heavy atom. The highest BCUT2D eigenvalue weighted by atomic mass is 35.5. The van der Waals surface area contributed by atoms with Crippen molar-refractivity contribution in [1.82, 2.24) is 4.98 Å². The number of halogens is 4. The first-order valence-corrected chi connectivity index (χ1v) is 8.78. The highest BCUT2D eigenvalue weighted by Gasteiger charge is 2.37. The molecule has 1 N–H and O–H groups in total. The van der Waals surface area contributed by atoms with Gasteiger partial charge in [0.05, 0.1) is 21.7 Å². The molecule has 9 heteroatoms. The lowest BCUT2D eigenvalue weighted by Gasteiger charge is -2.15. The molecule has 1 heterocycles. The Hall–Kier alpha value is -2.32. The van der Waals surface area contributed by atoms with Crippen LogP contribution >= 0.6 is 11.6 Å². The van der Waals surface area contributed by atoms with E-state index in [-0.39, 0.29) is 10.7 Å². The number of nitrogens with one attached hydrogen (secondary N) is 1. The molecule has 0 bridgehead atoms. The van der Waals surface area contributed by atoms with E-state index >= 15 is 0 Å². The van der Waals surface area contributed by atoms with Gasteiger partial charge in [-0.05, 0) is 42.5 Å². The second kappa shape index (κ2) is 6.20. The fourth-order valence-corrected chi connectivity index (χ4v) is 3.81. The molecule has 3 aromatic rings. The molecule has 0 aliphatic carbocycles. The van der Waals surface area contributed by atoms with Crippen LogP contribution in [0, 0.1) is 0 Å². The summed E-state index contributed by atoms with van der Waals surface area (Å²) in [6.45, 7) is 0. The normalized spacial score (nSPS) is 12.3. The van der Waals surface area contributed by atoms with Crippen molar-refractivity contribution in [2.45, 2.75) is 11.1 Å². The number of hydrogen-bond donors (Lipinski definition) is 1. The van der Waals surface area contributed by atoms with Crippen molar-refractivity contribution in [1.29, 1.82) is 0 Å². The number of nitrogens with zero attached hydrogens (tertiary/aromatic N) is 1. The summed E-state index contributed by atoms with van der Waals surface area (Å²) in [5.74, 6) is 0. The lowest BCUT2D eigenvalue weighted by atomic mass is 10.2. The van der Waals surface area contributed by atoms with Gasteiger partial charge in [0.15, 0.2) is 0 Å². The Labute approximate surface area is 146 Å². The molecule has 0 fully saturated rings. The van der Waals surface area contributed by atoms with E-state index in [0.717, 1.165) is 12.1 Å². The third-order valence-electron chi connectivity index (χ3n) is 3.43. The number of anilines is 1. The number of hydrogen-bond acceptors (Lipinski definition) is 3. The first-order chi connectivity index (χ1) is 11.7. The third-order valence-corrected chi connectivity index (χ3v) is 5.09. The Bertz CT molecular complexity index is 1050. The largest absolute Gasteiger partial charge is 0.417 e. The molecule has 0 saturated heterocycles. The van der Waals surface area contributed by atoms with Crippen molar-refractivity contribution in [3.63, 3.8) is 0 Å². The quantitative estimate of drug-likeness (QED) is 0.709. The lowest BCUT2D eigenvalue weighted by molar-refractivity contribution is -0.139. The smallest absolute Gasteiger partial charge is 0.279 e. The van der Waals surface area contributed by atoms with E-state index in [1.54, 1.807) is 24.3 Å². The van der Waals surface area contributed by atoms with Crippen LogP contribution in [0.2, 0.25) is 5.02 Å². The molecule has 0 aliphatic heterocycles. The van der Waals surface area contributed by atoms with Crippen molar-refractivity contribution >= 4 is 38.2 Å². The second-order valence-electron chi connectivity index (χ2n) is 5.12. The SMILES string of the molecule is O=S(=O)(Nc1cccc2ncccc12)c1ccc(Cl)cc1C(F)(F)F. The predicted molar refractivity (Wildman–Crippen MR) is 89.0 cm³/mol. The van der Waals surface area contributed by atoms with Gasteiger partial charge < -0.3 is 0 Å². The standard InChI is InChI=1S/C16H10ClF3N2O2S/c17-10-6-7-15(12(9-10)16(18,19)20)25(23,24)22-14-5-1-4-13-11(14)3-2-8-21-13/h1-9,22H. The molecule has 0 saturated carbocycles. The number of aromatic nitrogens is 1. The number of sulfonamides is 1. The Morgan fingerprint density at radius 1 is 1.04 bits per heavy atom. The van der Waals surface area contributed by atoms with Crippen molar-refractivity contribution < 1.29 is 21.6 Å². The fraction of sp³-hybridized carbons (Fsp3) is 0.0625. The Balaban J connectivity index is 2.12. The van der Waals surface area contributed by atoms with Crippen LogP contribution in [0.5, 0.6) is 0 Å². The number of pyridine rings is 1. The average molecular weight is 387 g/mol. The highest BCUT2D eigenvalue weighted by molar-refractivity contribution is 7.92. The van der Waals surface area contributed by atoms with Crippen LogP contribution in [0.3, 0.4) is 0 Å². The zero-order chi connectivity index (χ0) is 18.2. The van der Waals surface area contributed by atoms with E-state index in [0.29, 0.717) is 17.0 Å². The summed E-state index contributed by atoms with van der Waals surface area (Å²) in [5, 5.41) is 0.261. The lowest BCUT2D eigenvalue weighted by Crippen LogP contribution is -2.19. The van der Waals surface area contributed by atoms with Gasteiger partial charge in [-0.3, -0.25) is 9.71 Å². The summed E-state index contributed by atoms with van der Waals surface area (Å²) in [4.78, 5) is 3.18. The number of benzene rings is 2. The van der Waals surface area contributed by atoms with Gasteiger partial charge in [-0.2, -0.15) is 13.2 Å². The summed E-state index contributed by atoms with van der Waals surface area (Å²) in [6, 6.07) is 10.4. The van der Waals surface area contributed by atoms with Crippen molar-refractivity contribution in [3.8, 4) is 0 Å². The maximum Gasteiger partial charge on any atom is 0.417 e. The average Bonchev–Trinajstić information content (AvgIpc) is 2.54. The minimum atomic E-state index is -4.87. The van der Waals surface area contributed by atoms with Gasteiger partial charge >= 0.3 is 6.18 Å². The van der Waals surface area contributed by atoms with Crippen LogP contribution in [0.25, 0.3) is 10.9 Å². The first kappa shape index (κ1) is 17.5. The van der Waals surface area contributed by atoms with E-state index in [2.05, 4.69) is 9.71 Å². The molecule has 0 radical (unpaired) electrons. The minimum Gasteiger partial charge on any atom is -0.279 e. The van der Waals surface area contributed by atoms with Crippen LogP contribution in [0.4, 0.5) is 18.9 Å². The van der Waals surface area contributed by atoms with Crippen LogP contribution in [0.15, 0.2) is 59.6 Å². The molecule has 0 unspecified atom stereocenters. The summed E-state index contributed by atoms with van der Waals surface area (Å²) in [5.41, 5.74) is -0.686. The monoisotopic (exact) mass is 386 g/mol. The van der Waals surface area contributed by atoms with Crippen LogP contribution in [-0.4, -0.2) is 13.4 Å². The van der Waals surface area contributed by atoms with Gasteiger partial charge in [-0.15, -0.1) is 0 Å². The maximum atomic E-state index is 13.2. The summed E-state index contributed by atoms with van der Waals surface area (Å²) >= 11 is 5.59. The van der Waals surface area contributed by atoms with Crippen LogP contribution in [-0.2, 0) is 16.2 Å². The van der Waals surface area contributed by atoms with E-state index in [1.165, 1.54) is 12.3 Å². The molecule has 4 nitrogen and oxygen atoms in total. The number of fused-ring (bicyclic) bond motifs is 1. The van der Waals surface area contributed by atoms with E-state index < -0.39 is 26.7 Å². The minimum absolute atomic E-state index is 0.133. The molecular formula is C16H10ClF3N2O2S. The zero-order valence-corrected chi connectivity index (χ0v) is 14.0. The van der Waals surface area contributed by atoms with Crippen molar-refractivity contribution in [2.75, 3.05) is 4.72 Å². The molecule has 0 spiro atoms. The fourth-order valence-electron chi connectivity index (χ4n) is 2.35. The number of alkyl halides is 3. The zero-order valence-electron chi connectivity index (χ0n) is 12.4. The van der Waals surface area contributed by atoms with E-state index in [4.69, 9.17) is 11.6 Å². The maximum absolute atomic E-state index is 13.2. The van der Waals surface area contributed by atoms with E-state index in [1.807, 2.05) is 0 Å². The van der Waals surface area contributed by atoms with Crippen molar-refractivity contribution in [2.24, 2.45) is 0 Å². The molecule has 0 aliphatic rings. The third kappa shape index (κ3) is 3.54. The molecule has 0 atom stereocenters. The molecule has 3 rings (SSSR count). The molecular weight excluding hydrogens is 377 g/mol. The van der Waals surface area contributed by atoms with Gasteiger partial charge in [-0.25, -0.2) is 8.42 Å². The predicted octanol–water partition coefficient (Wildman–Crippen LogP) is 4.71. The first-order valence-electron chi connectivity index (χ1n) is 6.92. The van der Waals surface area contributed by atoms with Crippen LogP contribution in [0.1, 0.15) is 5.56 Å². The second-order valence-corrected chi connectivity index (χ2v) is 7.21. The van der Waals surface area contributed by atoms with Gasteiger partial charge in [0, 0.05) is 16.6 Å². The summed E-state index contributed by atoms with van der Waals surface area (Å²) < 4.78 is 66.9. The molecule has 1 aromatic heterocycles. The highest BCUT2D eigenvalue weighted by Crippen LogP contribution is 2.36. The van der Waals surface area contributed by atoms with Gasteiger partial charge in [-0.1, -0.05) is 17.7 Å². The van der Waals surface area contributed by atoms with Crippen molar-refractivity contribution in [3.05, 3.63) is 65.3 Å². The Kier molecular flexibility index (Phi) is 4.34. The molecule has 2 aromatic carbocycles. The van der Waals surface area contributed by atoms with Gasteiger partial charge in [0.2, 0.25) is 0 Å². The molecule has 130 valence electrons. The molecule has 0 amide bonds. The molecule has 25 heavy (non-hydrogen) atoms. The summed E-state index contributed by atoms with van der Waals surface area (Å²) in [7, 11) is -4.49. The topological polar surface area (TPSA) is 59.1 Å².